The lowest BCUT2D eigenvalue weighted by Gasteiger charge is -1.97. The van der Waals surface area contributed by atoms with Gasteiger partial charge in [0.25, 0.3) is 0 Å². The summed E-state index contributed by atoms with van der Waals surface area (Å²) in [6, 6.07) is -0.407. The quantitative estimate of drug-likeness (QED) is 0.672. The van der Waals surface area contributed by atoms with E-state index in [1.807, 2.05) is 0 Å². The Morgan fingerprint density at radius 3 is 3.18 bits per heavy atom. The highest BCUT2D eigenvalue weighted by Crippen LogP contribution is 2.19. The zero-order chi connectivity index (χ0) is 8.01. The molecule has 0 aromatic carbocycles. The van der Waals surface area contributed by atoms with E-state index in [0.717, 1.165) is 4.60 Å². The van der Waals surface area contributed by atoms with Gasteiger partial charge in [0.1, 0.15) is 4.60 Å². The van der Waals surface area contributed by atoms with Crippen LogP contribution in [0.1, 0.15) is 10.6 Å². The molecule has 1 aliphatic rings. The zero-order valence-electron chi connectivity index (χ0n) is 5.62. The van der Waals surface area contributed by atoms with E-state index in [9.17, 15) is 4.79 Å². The number of halogens is 1. The Kier molecular flexibility index (Phi) is 1.37. The maximum absolute atomic E-state index is 11.2. The smallest absolute Gasteiger partial charge is 0.216 e. The van der Waals surface area contributed by atoms with Crippen LogP contribution in [-0.4, -0.2) is 21.4 Å². The van der Waals surface area contributed by atoms with Gasteiger partial charge >= 0.3 is 0 Å². The Hall–Kier alpha value is -0.680. The molecule has 1 unspecified atom stereocenters. The predicted molar refractivity (Wildman–Crippen MR) is 42.2 cm³/mol. The van der Waals surface area contributed by atoms with Crippen molar-refractivity contribution in [3.8, 4) is 0 Å². The van der Waals surface area contributed by atoms with Crippen molar-refractivity contribution in [3.63, 3.8) is 0 Å². The van der Waals surface area contributed by atoms with Gasteiger partial charge in [-0.05, 0) is 15.9 Å². The summed E-state index contributed by atoms with van der Waals surface area (Å²) in [4.78, 5) is 15.1. The van der Waals surface area contributed by atoms with Crippen LogP contribution in [0.4, 0.5) is 0 Å². The third kappa shape index (κ3) is 0.844. The van der Waals surface area contributed by atoms with Crippen LogP contribution < -0.4 is 5.73 Å². The number of carbonyl (C=O) groups is 1. The first kappa shape index (κ1) is 7.00. The first-order chi connectivity index (χ1) is 5.20. The Morgan fingerprint density at radius 2 is 2.55 bits per heavy atom. The number of nitrogens with two attached hydrogens (primary N) is 1. The van der Waals surface area contributed by atoms with Crippen molar-refractivity contribution in [2.45, 2.75) is 12.6 Å². The lowest BCUT2D eigenvalue weighted by atomic mass is 10.2. The van der Waals surface area contributed by atoms with Crippen molar-refractivity contribution in [1.82, 2.24) is 9.55 Å². The molecule has 0 aliphatic carbocycles. The van der Waals surface area contributed by atoms with Gasteiger partial charge in [-0.1, -0.05) is 0 Å². The van der Waals surface area contributed by atoms with Crippen molar-refractivity contribution in [1.29, 1.82) is 0 Å². The van der Waals surface area contributed by atoms with Crippen molar-refractivity contribution in [2.24, 2.45) is 5.73 Å². The van der Waals surface area contributed by atoms with E-state index < -0.39 is 6.04 Å². The van der Waals surface area contributed by atoms with Crippen molar-refractivity contribution < 1.29 is 4.79 Å². The fraction of sp³-hybridized carbons (Fsp3) is 0.333. The summed E-state index contributed by atoms with van der Waals surface area (Å²) >= 11 is 3.26. The minimum Gasteiger partial charge on any atom is -0.320 e. The highest BCUT2D eigenvalue weighted by molar-refractivity contribution is 9.10. The molecule has 2 N–H and O–H groups in total. The van der Waals surface area contributed by atoms with E-state index in [4.69, 9.17) is 5.73 Å². The van der Waals surface area contributed by atoms with Crippen LogP contribution >= 0.6 is 15.9 Å². The van der Waals surface area contributed by atoms with Crippen LogP contribution in [0.25, 0.3) is 0 Å². The largest absolute Gasteiger partial charge is 0.320 e. The molecule has 0 radical (unpaired) electrons. The summed E-state index contributed by atoms with van der Waals surface area (Å²) in [6.07, 6.45) is 1.61. The molecular formula is C6H6BrN3O. The summed E-state index contributed by atoms with van der Waals surface area (Å²) in [5.74, 6) is 0.389. The lowest BCUT2D eigenvalue weighted by Crippen LogP contribution is -2.27. The highest BCUT2D eigenvalue weighted by Gasteiger charge is 2.30. The van der Waals surface area contributed by atoms with Crippen LogP contribution in [0, 0.1) is 0 Å². The van der Waals surface area contributed by atoms with E-state index >= 15 is 0 Å². The van der Waals surface area contributed by atoms with Gasteiger partial charge in [-0.2, -0.15) is 0 Å². The van der Waals surface area contributed by atoms with Gasteiger partial charge in [0.2, 0.25) is 5.78 Å². The molecule has 4 nitrogen and oxygen atoms in total. The average Bonchev–Trinajstić information content (AvgIpc) is 2.43. The Morgan fingerprint density at radius 1 is 1.82 bits per heavy atom. The van der Waals surface area contributed by atoms with E-state index in [2.05, 4.69) is 20.9 Å². The maximum Gasteiger partial charge on any atom is 0.216 e. The number of imidazole rings is 1. The average molecular weight is 216 g/mol. The van der Waals surface area contributed by atoms with Gasteiger partial charge in [0.15, 0.2) is 5.82 Å². The summed E-state index contributed by atoms with van der Waals surface area (Å²) in [5.41, 5.74) is 5.51. The number of nitrogens with zero attached hydrogens (tertiary/aromatic N) is 2. The standard InChI is InChI=1S/C6H6BrN3O/c7-4-1-9-6-5(11)3(8)2-10(4)6/h1,3H,2,8H2. The predicted octanol–water partition coefficient (Wildman–Crippen LogP) is 0.169. The van der Waals surface area contributed by atoms with Gasteiger partial charge in [-0.15, -0.1) is 0 Å². The molecule has 58 valence electrons. The topological polar surface area (TPSA) is 60.9 Å². The summed E-state index contributed by atoms with van der Waals surface area (Å²) in [5, 5.41) is 0. The molecule has 1 atom stereocenters. The van der Waals surface area contributed by atoms with Gasteiger partial charge in [0, 0.05) is 6.54 Å². The van der Waals surface area contributed by atoms with Crippen molar-refractivity contribution in [3.05, 3.63) is 16.6 Å². The normalized spacial score (nSPS) is 22.4. The lowest BCUT2D eigenvalue weighted by molar-refractivity contribution is 0.0970. The van der Waals surface area contributed by atoms with Crippen molar-refractivity contribution >= 4 is 21.7 Å². The van der Waals surface area contributed by atoms with E-state index in [-0.39, 0.29) is 5.78 Å². The molecule has 0 amide bonds. The van der Waals surface area contributed by atoms with E-state index in [0.29, 0.717) is 12.4 Å². The summed E-state index contributed by atoms with van der Waals surface area (Å²) in [6.45, 7) is 0.536. The fourth-order valence-corrected chi connectivity index (χ4v) is 1.59. The fourth-order valence-electron chi connectivity index (χ4n) is 1.17. The minimum atomic E-state index is -0.407. The van der Waals surface area contributed by atoms with Crippen LogP contribution in [0.15, 0.2) is 10.8 Å². The Balaban J connectivity index is 2.56. The summed E-state index contributed by atoms with van der Waals surface area (Å²) in [7, 11) is 0. The van der Waals surface area contributed by atoms with Crippen LogP contribution in [0.3, 0.4) is 0 Å². The molecule has 11 heavy (non-hydrogen) atoms. The first-order valence-corrected chi connectivity index (χ1v) is 4.00. The van der Waals surface area contributed by atoms with E-state index in [1.54, 1.807) is 10.8 Å². The van der Waals surface area contributed by atoms with Gasteiger partial charge < -0.3 is 10.3 Å². The molecule has 1 aromatic heterocycles. The monoisotopic (exact) mass is 215 g/mol. The number of hydrogen-bond acceptors (Lipinski definition) is 3. The second kappa shape index (κ2) is 2.15. The zero-order valence-corrected chi connectivity index (χ0v) is 7.21. The van der Waals surface area contributed by atoms with Gasteiger partial charge in [0.05, 0.1) is 12.2 Å². The van der Waals surface area contributed by atoms with Crippen LogP contribution in [0.5, 0.6) is 0 Å². The molecule has 0 fully saturated rings. The number of Topliss-reactive ketones (excluding diaryl/α,β-unsaturated/α-hetero) is 1. The molecule has 0 spiro atoms. The number of carbonyl (C=O) groups excluding carboxylic acids is 1. The van der Waals surface area contributed by atoms with E-state index in [1.165, 1.54) is 0 Å². The third-order valence-electron chi connectivity index (χ3n) is 1.74. The Labute approximate surface area is 71.5 Å². The Bertz CT molecular complexity index is 320. The third-order valence-corrected chi connectivity index (χ3v) is 2.38. The molecule has 5 heteroatoms. The number of aromatic nitrogens is 2. The molecule has 1 aromatic rings. The highest BCUT2D eigenvalue weighted by atomic mass is 79.9. The van der Waals surface area contributed by atoms with Gasteiger partial charge in [-0.25, -0.2) is 4.98 Å². The van der Waals surface area contributed by atoms with Crippen LogP contribution in [-0.2, 0) is 6.54 Å². The SMILES string of the molecule is NC1Cn2c(Br)cnc2C1=O. The second-order valence-electron chi connectivity index (χ2n) is 2.49. The second-order valence-corrected chi connectivity index (χ2v) is 3.30. The number of hydrogen-bond donors (Lipinski definition) is 1. The molecule has 0 bridgehead atoms. The molecule has 0 saturated heterocycles. The van der Waals surface area contributed by atoms with Gasteiger partial charge in [-0.3, -0.25) is 4.79 Å². The summed E-state index contributed by atoms with van der Waals surface area (Å²) < 4.78 is 2.58. The first-order valence-electron chi connectivity index (χ1n) is 3.21. The minimum absolute atomic E-state index is 0.0734. The maximum atomic E-state index is 11.2. The molecule has 1 aliphatic heterocycles. The number of ketones is 1. The molecule has 0 saturated carbocycles. The molecule has 2 heterocycles. The number of rotatable bonds is 0. The number of fused-ring (bicyclic) bond motifs is 1. The molecule has 2 rings (SSSR count). The van der Waals surface area contributed by atoms with Crippen molar-refractivity contribution in [2.75, 3.05) is 0 Å². The molecular weight excluding hydrogens is 210 g/mol. The van der Waals surface area contributed by atoms with Crippen LogP contribution in [0.2, 0.25) is 0 Å².